The molecule has 25 heavy (non-hydrogen) atoms. The molecule has 2 amide bonds. The normalized spacial score (nSPS) is 14.6. The van der Waals surface area contributed by atoms with E-state index >= 15 is 0 Å². The third-order valence-electron chi connectivity index (χ3n) is 4.33. The van der Waals surface area contributed by atoms with Crippen LogP contribution in [0.25, 0.3) is 0 Å². The van der Waals surface area contributed by atoms with Gasteiger partial charge in [-0.25, -0.2) is 0 Å². The van der Waals surface area contributed by atoms with Gasteiger partial charge in [-0.2, -0.15) is 0 Å². The third-order valence-corrected chi connectivity index (χ3v) is 4.33. The van der Waals surface area contributed by atoms with Crippen molar-refractivity contribution in [1.29, 1.82) is 0 Å². The number of aliphatic hydroxyl groups is 1. The van der Waals surface area contributed by atoms with Crippen LogP contribution in [0.1, 0.15) is 37.0 Å². The minimum atomic E-state index is -1.20. The van der Waals surface area contributed by atoms with Crippen LogP contribution in [0.5, 0.6) is 0 Å². The number of carbonyl (C=O) groups excluding carboxylic acids is 2. The number of rotatable bonds is 6. The van der Waals surface area contributed by atoms with Crippen molar-refractivity contribution >= 4 is 17.5 Å². The monoisotopic (exact) mass is 338 g/mol. The molecule has 1 unspecified atom stereocenters. The van der Waals surface area contributed by atoms with Crippen molar-refractivity contribution < 1.29 is 14.7 Å². The molecule has 130 valence electrons. The summed E-state index contributed by atoms with van der Waals surface area (Å²) in [7, 11) is 0. The van der Waals surface area contributed by atoms with E-state index in [9.17, 15) is 14.7 Å². The first-order valence-electron chi connectivity index (χ1n) is 8.44. The lowest BCUT2D eigenvalue weighted by Crippen LogP contribution is -2.30. The second-order valence-electron chi connectivity index (χ2n) is 6.38. The van der Waals surface area contributed by atoms with Crippen molar-refractivity contribution in [2.45, 2.75) is 38.5 Å². The van der Waals surface area contributed by atoms with E-state index in [1.165, 1.54) is 0 Å². The van der Waals surface area contributed by atoms with Crippen LogP contribution in [0, 0.1) is 0 Å². The molecule has 1 saturated carbocycles. The van der Waals surface area contributed by atoms with Gasteiger partial charge in [-0.15, -0.1) is 0 Å². The van der Waals surface area contributed by atoms with Crippen LogP contribution >= 0.6 is 0 Å². The number of nitrogens with one attached hydrogen (secondary N) is 1. The maximum atomic E-state index is 12.1. The molecule has 2 aromatic carbocycles. The summed E-state index contributed by atoms with van der Waals surface area (Å²) < 4.78 is 0. The zero-order valence-electron chi connectivity index (χ0n) is 14.2. The fourth-order valence-corrected chi connectivity index (χ4v) is 2.77. The van der Waals surface area contributed by atoms with Crippen molar-refractivity contribution in [3.05, 3.63) is 65.7 Å². The highest BCUT2D eigenvalue weighted by Crippen LogP contribution is 2.28. The number of hydrogen-bond acceptors (Lipinski definition) is 3. The number of anilines is 1. The molecule has 0 spiro atoms. The molecule has 0 saturated heterocycles. The van der Waals surface area contributed by atoms with Gasteiger partial charge < -0.3 is 15.3 Å². The van der Waals surface area contributed by atoms with Crippen molar-refractivity contribution in [3.63, 3.8) is 0 Å². The summed E-state index contributed by atoms with van der Waals surface area (Å²) in [5.74, 6) is -0.381. The lowest BCUT2D eigenvalue weighted by molar-refractivity contribution is -0.130. The number of nitrogens with zero attached hydrogens (tertiary/aromatic N) is 1. The van der Waals surface area contributed by atoms with E-state index in [0.29, 0.717) is 23.8 Å². The molecule has 1 aliphatic rings. The minimum absolute atomic E-state index is 0.0888. The van der Waals surface area contributed by atoms with Crippen LogP contribution in [-0.4, -0.2) is 27.9 Å². The first-order chi connectivity index (χ1) is 12.0. The Bertz CT molecular complexity index is 739. The van der Waals surface area contributed by atoms with E-state index in [1.54, 1.807) is 43.3 Å². The zero-order valence-corrected chi connectivity index (χ0v) is 14.2. The second-order valence-corrected chi connectivity index (χ2v) is 6.38. The second kappa shape index (κ2) is 7.49. The Balaban J connectivity index is 1.60. The molecule has 0 radical (unpaired) electrons. The van der Waals surface area contributed by atoms with Gasteiger partial charge in [-0.1, -0.05) is 42.5 Å². The lowest BCUT2D eigenvalue weighted by atomic mass is 10.1. The van der Waals surface area contributed by atoms with E-state index in [0.717, 1.165) is 18.4 Å². The topological polar surface area (TPSA) is 69.6 Å². The quantitative estimate of drug-likeness (QED) is 0.851. The molecular weight excluding hydrogens is 316 g/mol. The Kier molecular flexibility index (Phi) is 5.14. The van der Waals surface area contributed by atoms with Crippen molar-refractivity contribution in [2.75, 3.05) is 5.32 Å². The SMILES string of the molecule is CC(=O)N(Cc1ccc(NC(=O)C(O)c2ccccc2)cc1)C1CC1. The Hall–Kier alpha value is -2.66. The van der Waals surface area contributed by atoms with Crippen LogP contribution in [0.15, 0.2) is 54.6 Å². The largest absolute Gasteiger partial charge is 0.378 e. The Morgan fingerprint density at radius 3 is 2.32 bits per heavy atom. The maximum Gasteiger partial charge on any atom is 0.257 e. The van der Waals surface area contributed by atoms with Gasteiger partial charge in [0.15, 0.2) is 6.10 Å². The smallest absolute Gasteiger partial charge is 0.257 e. The molecule has 2 N–H and O–H groups in total. The molecule has 0 bridgehead atoms. The van der Waals surface area contributed by atoms with Gasteiger partial charge in [0.1, 0.15) is 0 Å². The van der Waals surface area contributed by atoms with Crippen LogP contribution in [-0.2, 0) is 16.1 Å². The highest BCUT2D eigenvalue weighted by molar-refractivity contribution is 5.94. The van der Waals surface area contributed by atoms with Gasteiger partial charge in [0.05, 0.1) is 0 Å². The van der Waals surface area contributed by atoms with Crippen LogP contribution in [0.2, 0.25) is 0 Å². The molecule has 0 heterocycles. The molecular formula is C20H22N2O3. The van der Waals surface area contributed by atoms with Gasteiger partial charge in [-0.3, -0.25) is 9.59 Å². The molecule has 0 aromatic heterocycles. The molecule has 2 aromatic rings. The minimum Gasteiger partial charge on any atom is -0.378 e. The predicted octanol–water partition coefficient (Wildman–Crippen LogP) is 2.87. The summed E-state index contributed by atoms with van der Waals surface area (Å²) in [6.07, 6.45) is 0.944. The van der Waals surface area contributed by atoms with Crippen LogP contribution < -0.4 is 5.32 Å². The number of carbonyl (C=O) groups is 2. The molecule has 1 atom stereocenters. The van der Waals surface area contributed by atoms with E-state index in [-0.39, 0.29) is 5.91 Å². The summed E-state index contributed by atoms with van der Waals surface area (Å²) in [6, 6.07) is 16.5. The van der Waals surface area contributed by atoms with Gasteiger partial charge in [0, 0.05) is 25.2 Å². The third kappa shape index (κ3) is 4.45. The van der Waals surface area contributed by atoms with E-state index in [1.807, 2.05) is 23.1 Å². The van der Waals surface area contributed by atoms with E-state index in [4.69, 9.17) is 0 Å². The van der Waals surface area contributed by atoms with Crippen molar-refractivity contribution in [2.24, 2.45) is 0 Å². The first kappa shape index (κ1) is 17.2. The molecule has 5 heteroatoms. The standard InChI is InChI=1S/C20H22N2O3/c1-14(23)22(18-11-12-18)13-15-7-9-17(10-8-15)21-20(25)19(24)16-5-3-2-4-6-16/h2-10,18-19,24H,11-13H2,1H3,(H,21,25). The number of benzene rings is 2. The summed E-state index contributed by atoms with van der Waals surface area (Å²) in [5, 5.41) is 12.8. The molecule has 1 aliphatic carbocycles. The van der Waals surface area contributed by atoms with Crippen molar-refractivity contribution in [3.8, 4) is 0 Å². The average Bonchev–Trinajstić information content (AvgIpc) is 3.45. The van der Waals surface area contributed by atoms with E-state index in [2.05, 4.69) is 5.32 Å². The molecule has 3 rings (SSSR count). The van der Waals surface area contributed by atoms with E-state index < -0.39 is 12.0 Å². The number of aliphatic hydroxyl groups excluding tert-OH is 1. The highest BCUT2D eigenvalue weighted by atomic mass is 16.3. The lowest BCUT2D eigenvalue weighted by Gasteiger charge is -2.20. The maximum absolute atomic E-state index is 12.1. The summed E-state index contributed by atoms with van der Waals surface area (Å²) in [6.45, 7) is 2.18. The van der Waals surface area contributed by atoms with Crippen LogP contribution in [0.3, 0.4) is 0 Å². The number of amides is 2. The van der Waals surface area contributed by atoms with Gasteiger partial charge >= 0.3 is 0 Å². The molecule has 0 aliphatic heterocycles. The van der Waals surface area contributed by atoms with Crippen molar-refractivity contribution in [1.82, 2.24) is 4.90 Å². The first-order valence-corrected chi connectivity index (χ1v) is 8.44. The predicted molar refractivity (Wildman–Crippen MR) is 95.7 cm³/mol. The summed E-state index contributed by atoms with van der Waals surface area (Å²) >= 11 is 0. The molecule has 1 fully saturated rings. The fourth-order valence-electron chi connectivity index (χ4n) is 2.77. The van der Waals surface area contributed by atoms with Crippen LogP contribution in [0.4, 0.5) is 5.69 Å². The summed E-state index contributed by atoms with van der Waals surface area (Å²) in [5.41, 5.74) is 2.19. The van der Waals surface area contributed by atoms with Gasteiger partial charge in [0.2, 0.25) is 5.91 Å². The zero-order chi connectivity index (χ0) is 17.8. The number of hydrogen-bond donors (Lipinski definition) is 2. The Morgan fingerprint density at radius 1 is 1.12 bits per heavy atom. The Morgan fingerprint density at radius 2 is 1.76 bits per heavy atom. The van der Waals surface area contributed by atoms with Gasteiger partial charge in [0.25, 0.3) is 5.91 Å². The molecule has 5 nitrogen and oxygen atoms in total. The van der Waals surface area contributed by atoms with Gasteiger partial charge in [-0.05, 0) is 36.1 Å². The average molecular weight is 338 g/mol. The highest BCUT2D eigenvalue weighted by Gasteiger charge is 2.30. The fraction of sp³-hybridized carbons (Fsp3) is 0.300. The summed E-state index contributed by atoms with van der Waals surface area (Å²) in [4.78, 5) is 25.7. The Labute approximate surface area is 147 Å².